The van der Waals surface area contributed by atoms with Gasteiger partial charge in [0.1, 0.15) is 12.0 Å². The van der Waals surface area contributed by atoms with Crippen molar-refractivity contribution in [2.45, 2.75) is 23.5 Å². The molecule has 2 rings (SSSR count). The molecule has 1 aliphatic rings. The number of rotatable bonds is 5. The molecule has 1 saturated heterocycles. The van der Waals surface area contributed by atoms with Gasteiger partial charge in [0.15, 0.2) is 12.2 Å². The van der Waals surface area contributed by atoms with E-state index in [-0.39, 0.29) is 11.9 Å². The highest BCUT2D eigenvalue weighted by Crippen LogP contribution is 2.28. The molecule has 1 aromatic rings. The van der Waals surface area contributed by atoms with Crippen LogP contribution in [0.15, 0.2) is 24.3 Å². The van der Waals surface area contributed by atoms with E-state index in [1.54, 1.807) is 12.1 Å². The molecule has 0 aromatic heterocycles. The molecule has 0 amide bonds. The van der Waals surface area contributed by atoms with Crippen LogP contribution in [-0.2, 0) is 11.2 Å². The third kappa shape index (κ3) is 4.10. The highest BCUT2D eigenvalue weighted by atomic mass is 32.2. The molecule has 3 unspecified atom stereocenters. The second-order valence-corrected chi connectivity index (χ2v) is 5.49. The van der Waals surface area contributed by atoms with E-state index in [1.165, 1.54) is 11.8 Å². The first kappa shape index (κ1) is 14.1. The van der Waals surface area contributed by atoms with Crippen LogP contribution in [0.5, 0.6) is 5.75 Å². The Balaban J connectivity index is 1.90. The van der Waals surface area contributed by atoms with Crippen molar-refractivity contribution < 1.29 is 24.9 Å². The Morgan fingerprint density at radius 2 is 2.00 bits per heavy atom. The summed E-state index contributed by atoms with van der Waals surface area (Å²) in [5.74, 6) is -0.529. The number of hydrogen-bond donors (Lipinski definition) is 4. The Morgan fingerprint density at radius 3 is 2.53 bits per heavy atom. The summed E-state index contributed by atoms with van der Waals surface area (Å²) in [6.45, 7) is -0.368. The zero-order valence-corrected chi connectivity index (χ0v) is 10.8. The summed E-state index contributed by atoms with van der Waals surface area (Å²) >= 11 is 1.27. The SMILES string of the molecule is O=C(O)COc1ccc(CC2SC(O)NC2O)cc1. The molecule has 1 fully saturated rings. The molecule has 0 saturated carbocycles. The Morgan fingerprint density at radius 1 is 1.32 bits per heavy atom. The average molecular weight is 285 g/mol. The first-order valence-electron chi connectivity index (χ1n) is 5.76. The van der Waals surface area contributed by atoms with Crippen LogP contribution in [0.1, 0.15) is 5.56 Å². The molecule has 7 heteroatoms. The van der Waals surface area contributed by atoms with Crippen molar-refractivity contribution >= 4 is 17.7 Å². The van der Waals surface area contributed by atoms with Gasteiger partial charge in [-0.1, -0.05) is 12.1 Å². The van der Waals surface area contributed by atoms with Crippen LogP contribution >= 0.6 is 11.8 Å². The van der Waals surface area contributed by atoms with Gasteiger partial charge in [0.25, 0.3) is 0 Å². The van der Waals surface area contributed by atoms with Gasteiger partial charge < -0.3 is 20.1 Å². The van der Waals surface area contributed by atoms with E-state index in [1.807, 2.05) is 12.1 Å². The van der Waals surface area contributed by atoms with Crippen molar-refractivity contribution in [3.8, 4) is 5.75 Å². The lowest BCUT2D eigenvalue weighted by molar-refractivity contribution is -0.139. The van der Waals surface area contributed by atoms with Crippen molar-refractivity contribution in [1.29, 1.82) is 0 Å². The summed E-state index contributed by atoms with van der Waals surface area (Å²) in [6, 6.07) is 7.01. The van der Waals surface area contributed by atoms with E-state index < -0.39 is 17.8 Å². The number of carboxylic acid groups (broad SMARTS) is 1. The van der Waals surface area contributed by atoms with E-state index in [0.717, 1.165) is 5.56 Å². The Labute approximate surface area is 114 Å². The van der Waals surface area contributed by atoms with Crippen LogP contribution in [0, 0.1) is 0 Å². The van der Waals surface area contributed by atoms with Crippen LogP contribution in [-0.4, -0.2) is 44.9 Å². The fraction of sp³-hybridized carbons (Fsp3) is 0.417. The number of aliphatic hydroxyl groups is 2. The zero-order chi connectivity index (χ0) is 13.8. The van der Waals surface area contributed by atoms with Crippen molar-refractivity contribution in [2.24, 2.45) is 0 Å². The van der Waals surface area contributed by atoms with Gasteiger partial charge in [0.05, 0.1) is 5.25 Å². The normalized spacial score (nSPS) is 26.3. The molecule has 104 valence electrons. The van der Waals surface area contributed by atoms with Crippen molar-refractivity contribution in [3.05, 3.63) is 29.8 Å². The van der Waals surface area contributed by atoms with Crippen LogP contribution in [0.2, 0.25) is 0 Å². The first-order chi connectivity index (χ1) is 9.04. The molecule has 0 bridgehead atoms. The van der Waals surface area contributed by atoms with Gasteiger partial charge in [-0.2, -0.15) is 0 Å². The van der Waals surface area contributed by atoms with Gasteiger partial charge in [-0.25, -0.2) is 4.79 Å². The first-order valence-corrected chi connectivity index (χ1v) is 6.70. The predicted molar refractivity (Wildman–Crippen MR) is 69.8 cm³/mol. The van der Waals surface area contributed by atoms with Gasteiger partial charge in [0.2, 0.25) is 0 Å². The van der Waals surface area contributed by atoms with Crippen molar-refractivity contribution in [2.75, 3.05) is 6.61 Å². The molecule has 1 aliphatic heterocycles. The lowest BCUT2D eigenvalue weighted by Crippen LogP contribution is -2.33. The average Bonchev–Trinajstić information content (AvgIpc) is 2.67. The van der Waals surface area contributed by atoms with Crippen molar-refractivity contribution in [1.82, 2.24) is 5.32 Å². The molecule has 4 N–H and O–H groups in total. The fourth-order valence-corrected chi connectivity index (χ4v) is 2.86. The summed E-state index contributed by atoms with van der Waals surface area (Å²) in [5.41, 5.74) is 0.244. The maximum atomic E-state index is 10.4. The maximum Gasteiger partial charge on any atom is 0.341 e. The summed E-state index contributed by atoms with van der Waals surface area (Å²) in [5, 5.41) is 30.0. The number of benzene rings is 1. The number of carboxylic acids is 1. The van der Waals surface area contributed by atoms with E-state index >= 15 is 0 Å². The molecule has 19 heavy (non-hydrogen) atoms. The quantitative estimate of drug-likeness (QED) is 0.604. The summed E-state index contributed by atoms with van der Waals surface area (Å²) in [4.78, 5) is 10.4. The lowest BCUT2D eigenvalue weighted by Gasteiger charge is -2.12. The number of thioether (sulfide) groups is 1. The lowest BCUT2D eigenvalue weighted by atomic mass is 10.1. The molecule has 3 atom stereocenters. The zero-order valence-electron chi connectivity index (χ0n) is 10.0. The third-order valence-corrected chi connectivity index (χ3v) is 3.86. The van der Waals surface area contributed by atoms with Gasteiger partial charge in [0, 0.05) is 0 Å². The summed E-state index contributed by atoms with van der Waals surface area (Å²) in [7, 11) is 0. The molecular weight excluding hydrogens is 270 g/mol. The van der Waals surface area contributed by atoms with E-state index in [0.29, 0.717) is 12.2 Å². The number of nitrogens with one attached hydrogen (secondary N) is 1. The number of aliphatic hydroxyl groups excluding tert-OH is 2. The monoisotopic (exact) mass is 285 g/mol. The summed E-state index contributed by atoms with van der Waals surface area (Å²) < 4.78 is 5.02. The molecule has 1 aromatic carbocycles. The van der Waals surface area contributed by atoms with Gasteiger partial charge in [-0.3, -0.25) is 5.32 Å². The number of aliphatic carboxylic acids is 1. The number of hydrogen-bond acceptors (Lipinski definition) is 6. The maximum absolute atomic E-state index is 10.4. The molecule has 6 nitrogen and oxygen atoms in total. The van der Waals surface area contributed by atoms with Gasteiger partial charge >= 0.3 is 5.97 Å². The van der Waals surface area contributed by atoms with E-state index in [2.05, 4.69) is 5.32 Å². The third-order valence-electron chi connectivity index (χ3n) is 2.69. The minimum Gasteiger partial charge on any atom is -0.482 e. The van der Waals surface area contributed by atoms with Crippen LogP contribution in [0.3, 0.4) is 0 Å². The minimum atomic E-state index is -1.02. The van der Waals surface area contributed by atoms with E-state index in [9.17, 15) is 15.0 Å². The standard InChI is InChI=1S/C12H15NO5S/c14-10(15)6-18-8-3-1-7(2-4-8)5-9-11(16)13-12(17)19-9/h1-4,9,11-13,16-17H,5-6H2,(H,14,15). The minimum absolute atomic E-state index is 0.110. The molecule has 1 heterocycles. The Bertz CT molecular complexity index is 438. The highest BCUT2D eigenvalue weighted by molar-refractivity contribution is 8.00. The largest absolute Gasteiger partial charge is 0.482 e. The van der Waals surface area contributed by atoms with Crippen molar-refractivity contribution in [3.63, 3.8) is 0 Å². The number of ether oxygens (including phenoxy) is 1. The van der Waals surface area contributed by atoms with Crippen LogP contribution in [0.25, 0.3) is 0 Å². The van der Waals surface area contributed by atoms with Crippen LogP contribution < -0.4 is 10.1 Å². The molecule has 0 aliphatic carbocycles. The topological polar surface area (TPSA) is 99.0 Å². The van der Waals surface area contributed by atoms with Gasteiger partial charge in [-0.15, -0.1) is 11.8 Å². The Kier molecular flexibility index (Phi) is 4.65. The highest BCUT2D eigenvalue weighted by Gasteiger charge is 2.31. The predicted octanol–water partition coefficient (Wildman–Crippen LogP) is -0.00820. The molecular formula is C12H15NO5S. The fourth-order valence-electron chi connectivity index (χ4n) is 1.79. The second kappa shape index (κ2) is 6.25. The molecule has 0 spiro atoms. The van der Waals surface area contributed by atoms with E-state index in [4.69, 9.17) is 9.84 Å². The van der Waals surface area contributed by atoms with Gasteiger partial charge in [-0.05, 0) is 24.1 Å². The smallest absolute Gasteiger partial charge is 0.341 e. The van der Waals surface area contributed by atoms with Crippen LogP contribution in [0.4, 0.5) is 0 Å². The second-order valence-electron chi connectivity index (χ2n) is 4.17. The Hall–Kier alpha value is -1.28. The summed E-state index contributed by atoms with van der Waals surface area (Å²) in [6.07, 6.45) is -0.127. The molecule has 0 radical (unpaired) electrons. The number of carbonyl (C=O) groups is 1.